The lowest BCUT2D eigenvalue weighted by molar-refractivity contribution is 0.114. The van der Waals surface area contributed by atoms with E-state index in [0.29, 0.717) is 17.4 Å². The predicted octanol–water partition coefficient (Wildman–Crippen LogP) is 2.15. The highest BCUT2D eigenvalue weighted by Gasteiger charge is 2.17. The number of benzene rings is 1. The molecule has 2 heterocycles. The molecule has 1 saturated heterocycles. The molecule has 1 aromatic rings. The molecule has 118 valence electrons. The van der Waals surface area contributed by atoms with Crippen LogP contribution in [0.15, 0.2) is 21.7 Å². The van der Waals surface area contributed by atoms with Crippen LogP contribution in [0.5, 0.6) is 11.5 Å². The van der Waals surface area contributed by atoms with Gasteiger partial charge in [-0.15, -0.1) is 0 Å². The van der Waals surface area contributed by atoms with E-state index in [1.54, 1.807) is 6.21 Å². The molecule has 1 atom stereocenters. The molecule has 0 amide bonds. The fraction of sp³-hybridized carbons (Fsp3) is 0.429. The van der Waals surface area contributed by atoms with Gasteiger partial charge in [0.15, 0.2) is 16.6 Å². The molecule has 0 aromatic heterocycles. The zero-order valence-corrected chi connectivity index (χ0v) is 14.2. The first-order valence-corrected chi connectivity index (χ1v) is 8.20. The first-order valence-electron chi connectivity index (χ1n) is 7.00. The Morgan fingerprint density at radius 2 is 2.36 bits per heavy atom. The van der Waals surface area contributed by atoms with E-state index in [-0.39, 0.29) is 12.9 Å². The fourth-order valence-electron chi connectivity index (χ4n) is 2.28. The van der Waals surface area contributed by atoms with Gasteiger partial charge in [-0.25, -0.2) is 0 Å². The molecule has 2 aliphatic heterocycles. The van der Waals surface area contributed by atoms with Gasteiger partial charge in [-0.2, -0.15) is 5.10 Å². The molecule has 0 unspecified atom stereocenters. The van der Waals surface area contributed by atoms with Crippen molar-refractivity contribution in [3.63, 3.8) is 0 Å². The Bertz CT molecular complexity index is 591. The topological polar surface area (TPSA) is 64.1 Å². The van der Waals surface area contributed by atoms with Gasteiger partial charge in [0.05, 0.1) is 16.8 Å². The highest BCUT2D eigenvalue weighted by molar-refractivity contribution is 9.10. The number of ether oxygens (including phenoxy) is 3. The van der Waals surface area contributed by atoms with Crippen molar-refractivity contribution in [2.75, 3.05) is 19.9 Å². The van der Waals surface area contributed by atoms with Crippen molar-refractivity contribution in [3.05, 3.63) is 22.2 Å². The highest BCUT2D eigenvalue weighted by atomic mass is 79.9. The number of halogens is 1. The van der Waals surface area contributed by atoms with Crippen molar-refractivity contribution in [3.8, 4) is 11.5 Å². The van der Waals surface area contributed by atoms with Gasteiger partial charge in [0, 0.05) is 13.2 Å². The van der Waals surface area contributed by atoms with Gasteiger partial charge < -0.3 is 19.5 Å². The Kier molecular flexibility index (Phi) is 5.12. The Morgan fingerprint density at radius 1 is 1.45 bits per heavy atom. The minimum Gasteiger partial charge on any atom is -0.454 e. The second-order valence-electron chi connectivity index (χ2n) is 4.95. The van der Waals surface area contributed by atoms with Crippen LogP contribution >= 0.6 is 28.1 Å². The van der Waals surface area contributed by atoms with Crippen molar-refractivity contribution < 1.29 is 14.2 Å². The van der Waals surface area contributed by atoms with Crippen LogP contribution in [0.25, 0.3) is 0 Å². The second kappa shape index (κ2) is 7.26. The molecule has 1 aromatic carbocycles. The van der Waals surface area contributed by atoms with Crippen LogP contribution in [-0.2, 0) is 4.74 Å². The van der Waals surface area contributed by atoms with Gasteiger partial charge in [-0.3, -0.25) is 5.43 Å². The number of hydrazone groups is 1. The van der Waals surface area contributed by atoms with Crippen molar-refractivity contribution in [1.29, 1.82) is 0 Å². The standard InChI is InChI=1S/C14H16BrN3O3S/c15-11-4-9(5-12-13(11)21-8-20-12)6-17-18-14(22)16-7-10-2-1-3-19-10/h4-6,10H,1-3,7-8H2,(H2,16,18,22)/b17-6-/t10-/m1/s1. The lowest BCUT2D eigenvalue weighted by Crippen LogP contribution is -2.37. The van der Waals surface area contributed by atoms with Crippen LogP contribution < -0.4 is 20.2 Å². The third-order valence-corrected chi connectivity index (χ3v) is 4.17. The summed E-state index contributed by atoms with van der Waals surface area (Å²) >= 11 is 8.61. The number of hydrogen-bond donors (Lipinski definition) is 2. The van der Waals surface area contributed by atoms with E-state index in [0.717, 1.165) is 35.2 Å². The zero-order valence-electron chi connectivity index (χ0n) is 11.8. The highest BCUT2D eigenvalue weighted by Crippen LogP contribution is 2.39. The first-order chi connectivity index (χ1) is 10.7. The van der Waals surface area contributed by atoms with E-state index < -0.39 is 0 Å². The van der Waals surface area contributed by atoms with E-state index in [9.17, 15) is 0 Å². The number of thiocarbonyl (C=S) groups is 1. The molecule has 6 nitrogen and oxygen atoms in total. The molecule has 2 N–H and O–H groups in total. The number of hydrogen-bond acceptors (Lipinski definition) is 5. The minimum atomic E-state index is 0.240. The lowest BCUT2D eigenvalue weighted by atomic mass is 10.2. The summed E-state index contributed by atoms with van der Waals surface area (Å²) in [4.78, 5) is 0. The maximum atomic E-state index is 5.51. The van der Waals surface area contributed by atoms with E-state index in [1.165, 1.54) is 0 Å². The largest absolute Gasteiger partial charge is 0.454 e. The van der Waals surface area contributed by atoms with Gasteiger partial charge in [-0.1, -0.05) is 0 Å². The average molecular weight is 386 g/mol. The molecule has 0 saturated carbocycles. The first kappa shape index (κ1) is 15.5. The lowest BCUT2D eigenvalue weighted by Gasteiger charge is -2.11. The summed E-state index contributed by atoms with van der Waals surface area (Å²) in [6, 6.07) is 3.77. The minimum absolute atomic E-state index is 0.240. The Balaban J connectivity index is 1.49. The summed E-state index contributed by atoms with van der Waals surface area (Å²) in [6.07, 6.45) is 4.11. The van der Waals surface area contributed by atoms with E-state index >= 15 is 0 Å². The molecule has 0 aliphatic carbocycles. The van der Waals surface area contributed by atoms with Gasteiger partial charge in [0.25, 0.3) is 0 Å². The van der Waals surface area contributed by atoms with E-state index in [4.69, 9.17) is 26.4 Å². The van der Waals surface area contributed by atoms with Crippen molar-refractivity contribution >= 4 is 39.5 Å². The molecular weight excluding hydrogens is 370 g/mol. The van der Waals surface area contributed by atoms with Crippen LogP contribution in [0, 0.1) is 0 Å². The molecule has 0 spiro atoms. The number of nitrogens with zero attached hydrogens (tertiary/aromatic N) is 1. The fourth-order valence-corrected chi connectivity index (χ4v) is 2.99. The normalized spacial score (nSPS) is 19.6. The van der Waals surface area contributed by atoms with Crippen LogP contribution in [0.1, 0.15) is 18.4 Å². The van der Waals surface area contributed by atoms with Crippen LogP contribution in [0.3, 0.4) is 0 Å². The van der Waals surface area contributed by atoms with Crippen molar-refractivity contribution in [1.82, 2.24) is 10.7 Å². The maximum Gasteiger partial charge on any atom is 0.231 e. The summed E-state index contributed by atoms with van der Waals surface area (Å²) in [5.41, 5.74) is 3.67. The molecular formula is C14H16BrN3O3S. The summed E-state index contributed by atoms with van der Waals surface area (Å²) in [7, 11) is 0. The molecule has 22 heavy (non-hydrogen) atoms. The Morgan fingerprint density at radius 3 is 3.18 bits per heavy atom. The SMILES string of the molecule is S=C(NC[C@H]1CCCO1)N/N=C\c1cc(Br)c2c(c1)OCO2. The Labute approximate surface area is 142 Å². The van der Waals surface area contributed by atoms with Gasteiger partial charge in [-0.05, 0) is 58.7 Å². The number of rotatable bonds is 4. The van der Waals surface area contributed by atoms with Crippen LogP contribution in [-0.4, -0.2) is 37.4 Å². The zero-order chi connectivity index (χ0) is 15.4. The van der Waals surface area contributed by atoms with E-state index in [1.807, 2.05) is 12.1 Å². The van der Waals surface area contributed by atoms with Gasteiger partial charge in [0.2, 0.25) is 6.79 Å². The van der Waals surface area contributed by atoms with Gasteiger partial charge in [0.1, 0.15) is 0 Å². The summed E-state index contributed by atoms with van der Waals surface area (Å²) < 4.78 is 17.0. The third kappa shape index (κ3) is 3.88. The predicted molar refractivity (Wildman–Crippen MR) is 90.6 cm³/mol. The quantitative estimate of drug-likeness (QED) is 0.470. The summed E-state index contributed by atoms with van der Waals surface area (Å²) in [5, 5.41) is 7.69. The molecule has 2 aliphatic rings. The number of nitrogens with one attached hydrogen (secondary N) is 2. The number of fused-ring (bicyclic) bond motifs is 1. The van der Waals surface area contributed by atoms with E-state index in [2.05, 4.69) is 31.8 Å². The summed E-state index contributed by atoms with van der Waals surface area (Å²) in [6.45, 7) is 1.78. The van der Waals surface area contributed by atoms with Crippen LogP contribution in [0.4, 0.5) is 0 Å². The second-order valence-corrected chi connectivity index (χ2v) is 6.21. The molecule has 8 heteroatoms. The van der Waals surface area contributed by atoms with Crippen molar-refractivity contribution in [2.45, 2.75) is 18.9 Å². The maximum absolute atomic E-state index is 5.51. The third-order valence-electron chi connectivity index (χ3n) is 3.34. The summed E-state index contributed by atoms with van der Waals surface area (Å²) in [5.74, 6) is 1.42. The molecule has 3 rings (SSSR count). The molecule has 0 radical (unpaired) electrons. The van der Waals surface area contributed by atoms with Gasteiger partial charge >= 0.3 is 0 Å². The Hall–Kier alpha value is -1.38. The molecule has 0 bridgehead atoms. The van der Waals surface area contributed by atoms with Crippen molar-refractivity contribution in [2.24, 2.45) is 5.10 Å². The van der Waals surface area contributed by atoms with Crippen LogP contribution in [0.2, 0.25) is 0 Å². The monoisotopic (exact) mass is 385 g/mol. The average Bonchev–Trinajstić information content (AvgIpc) is 3.16. The smallest absolute Gasteiger partial charge is 0.231 e. The molecule has 1 fully saturated rings.